The minimum atomic E-state index is 0. The molecule has 0 amide bonds. The van der Waals surface area contributed by atoms with E-state index in [1.54, 1.807) is 12.1 Å². The smallest absolute Gasteiger partial charge is 0.219 e. The number of guanidine groups is 1. The van der Waals surface area contributed by atoms with Crippen molar-refractivity contribution < 1.29 is 9.53 Å². The van der Waals surface area contributed by atoms with Crippen LogP contribution in [0.4, 0.5) is 0 Å². The van der Waals surface area contributed by atoms with Crippen LogP contribution in [0.1, 0.15) is 36.5 Å². The van der Waals surface area contributed by atoms with Crippen molar-refractivity contribution in [3.8, 4) is 5.75 Å². The van der Waals surface area contributed by atoms with E-state index in [-0.39, 0.29) is 28.1 Å². The van der Waals surface area contributed by atoms with Gasteiger partial charge in [0.25, 0.3) is 0 Å². The fraction of sp³-hybridized carbons (Fsp3) is 0.467. The predicted molar refractivity (Wildman–Crippen MR) is 99.2 cm³/mol. The number of thioether (sulfide) groups is 1. The summed E-state index contributed by atoms with van der Waals surface area (Å²) in [5.41, 5.74) is 11.1. The van der Waals surface area contributed by atoms with Crippen molar-refractivity contribution in [2.24, 2.45) is 16.5 Å². The summed E-state index contributed by atoms with van der Waals surface area (Å²) < 4.78 is 5.56. The molecule has 0 aliphatic rings. The van der Waals surface area contributed by atoms with Crippen LogP contribution in [0.2, 0.25) is 0 Å². The second-order valence-corrected chi connectivity index (χ2v) is 5.59. The first-order chi connectivity index (χ1) is 10.1. The summed E-state index contributed by atoms with van der Waals surface area (Å²) in [6, 6.07) is 7.27. The van der Waals surface area contributed by atoms with Gasteiger partial charge in [-0.2, -0.15) is 0 Å². The highest BCUT2D eigenvalue weighted by molar-refractivity contribution is 8.93. The zero-order valence-corrected chi connectivity index (χ0v) is 15.3. The van der Waals surface area contributed by atoms with E-state index in [1.165, 1.54) is 11.8 Å². The van der Waals surface area contributed by atoms with Crippen LogP contribution in [0.15, 0.2) is 29.3 Å². The van der Waals surface area contributed by atoms with E-state index in [2.05, 4.69) is 11.9 Å². The fourth-order valence-corrected chi connectivity index (χ4v) is 2.30. The molecule has 0 unspecified atom stereocenters. The summed E-state index contributed by atoms with van der Waals surface area (Å²) in [4.78, 5) is 15.8. The summed E-state index contributed by atoms with van der Waals surface area (Å²) >= 11 is 1.28. The second kappa shape index (κ2) is 12.3. The number of hydrogen-bond acceptors (Lipinski definition) is 4. The van der Waals surface area contributed by atoms with Gasteiger partial charge in [-0.25, -0.2) is 0 Å². The standard InChI is InChI=1S/C15H23N3O2S.BrH/c1-2-3-10-20-13-7-5-12(6-8-13)14(19)21-11-4-9-18-15(16)17;/h5-8H,2-4,9-11H2,1H3,(H4,16,17,18);1H. The fourth-order valence-electron chi connectivity index (χ4n) is 1.54. The molecule has 0 saturated carbocycles. The van der Waals surface area contributed by atoms with Gasteiger partial charge < -0.3 is 16.2 Å². The Balaban J connectivity index is 0.00000441. The molecule has 0 aliphatic carbocycles. The monoisotopic (exact) mass is 389 g/mol. The van der Waals surface area contributed by atoms with E-state index in [1.807, 2.05) is 12.1 Å². The van der Waals surface area contributed by atoms with Crippen LogP contribution in [-0.2, 0) is 0 Å². The maximum Gasteiger partial charge on any atom is 0.219 e. The molecule has 5 nitrogen and oxygen atoms in total. The Morgan fingerprint density at radius 3 is 2.50 bits per heavy atom. The maximum atomic E-state index is 12.0. The molecule has 1 rings (SSSR count). The van der Waals surface area contributed by atoms with Gasteiger partial charge in [0, 0.05) is 17.9 Å². The molecule has 0 spiro atoms. The van der Waals surface area contributed by atoms with Crippen LogP contribution < -0.4 is 16.2 Å². The molecule has 0 radical (unpaired) electrons. The first-order valence-corrected chi connectivity index (χ1v) is 8.07. The van der Waals surface area contributed by atoms with Gasteiger partial charge in [0.05, 0.1) is 6.61 Å². The number of carbonyl (C=O) groups is 1. The van der Waals surface area contributed by atoms with E-state index >= 15 is 0 Å². The third-order valence-electron chi connectivity index (χ3n) is 2.69. The molecule has 0 fully saturated rings. The van der Waals surface area contributed by atoms with Crippen LogP contribution >= 0.6 is 28.7 Å². The van der Waals surface area contributed by atoms with Crippen LogP contribution in [-0.4, -0.2) is 30.0 Å². The number of ether oxygens (including phenoxy) is 1. The Bertz CT molecular complexity index is 462. The van der Waals surface area contributed by atoms with Gasteiger partial charge in [0.2, 0.25) is 5.12 Å². The topological polar surface area (TPSA) is 90.7 Å². The summed E-state index contributed by atoms with van der Waals surface area (Å²) in [5.74, 6) is 1.59. The Kier molecular flexibility index (Phi) is 11.7. The van der Waals surface area contributed by atoms with Gasteiger partial charge in [-0.05, 0) is 37.1 Å². The number of benzene rings is 1. The molecule has 0 atom stereocenters. The molecule has 124 valence electrons. The molecule has 1 aromatic rings. The number of unbranched alkanes of at least 4 members (excludes halogenated alkanes) is 1. The highest BCUT2D eigenvalue weighted by atomic mass is 79.9. The molecular formula is C15H24BrN3O2S. The van der Waals surface area contributed by atoms with Gasteiger partial charge in [-0.3, -0.25) is 9.79 Å². The van der Waals surface area contributed by atoms with Crippen molar-refractivity contribution in [1.29, 1.82) is 0 Å². The van der Waals surface area contributed by atoms with Crippen LogP contribution in [0.5, 0.6) is 5.75 Å². The predicted octanol–water partition coefficient (Wildman–Crippen LogP) is 2.98. The molecule has 1 aromatic carbocycles. The lowest BCUT2D eigenvalue weighted by molar-refractivity contribution is 0.108. The normalized spacial score (nSPS) is 9.68. The molecule has 0 aliphatic heterocycles. The largest absolute Gasteiger partial charge is 0.494 e. The minimum Gasteiger partial charge on any atom is -0.494 e. The van der Waals surface area contributed by atoms with Crippen molar-refractivity contribution in [3.63, 3.8) is 0 Å². The highest BCUT2D eigenvalue weighted by Gasteiger charge is 2.06. The quantitative estimate of drug-likeness (QED) is 0.384. The minimum absolute atomic E-state index is 0. The number of hydrogen-bond donors (Lipinski definition) is 2. The lowest BCUT2D eigenvalue weighted by atomic mass is 10.2. The van der Waals surface area contributed by atoms with E-state index in [4.69, 9.17) is 16.2 Å². The number of rotatable bonds is 9. The van der Waals surface area contributed by atoms with Gasteiger partial charge in [-0.15, -0.1) is 17.0 Å². The summed E-state index contributed by atoms with van der Waals surface area (Å²) in [6.07, 6.45) is 2.91. The van der Waals surface area contributed by atoms with Crippen molar-refractivity contribution in [2.45, 2.75) is 26.2 Å². The van der Waals surface area contributed by atoms with E-state index in [0.717, 1.165) is 25.0 Å². The first-order valence-electron chi connectivity index (χ1n) is 7.09. The van der Waals surface area contributed by atoms with Crippen molar-refractivity contribution >= 4 is 39.8 Å². The molecule has 0 bridgehead atoms. The third-order valence-corrected chi connectivity index (χ3v) is 3.68. The lowest BCUT2D eigenvalue weighted by Crippen LogP contribution is -2.23. The number of carbonyl (C=O) groups excluding carboxylic acids is 1. The van der Waals surface area contributed by atoms with Crippen molar-refractivity contribution in [2.75, 3.05) is 18.9 Å². The molecule has 22 heavy (non-hydrogen) atoms. The Hall–Kier alpha value is -1.21. The number of nitrogens with zero attached hydrogens (tertiary/aromatic N) is 1. The van der Waals surface area contributed by atoms with E-state index in [9.17, 15) is 4.79 Å². The van der Waals surface area contributed by atoms with E-state index < -0.39 is 0 Å². The molecule has 4 N–H and O–H groups in total. The van der Waals surface area contributed by atoms with E-state index in [0.29, 0.717) is 24.5 Å². The second-order valence-electron chi connectivity index (χ2n) is 4.52. The van der Waals surface area contributed by atoms with Crippen LogP contribution in [0, 0.1) is 0 Å². The first kappa shape index (κ1) is 20.8. The maximum absolute atomic E-state index is 12.0. The molecule has 0 saturated heterocycles. The molecular weight excluding hydrogens is 366 g/mol. The average Bonchev–Trinajstić information content (AvgIpc) is 2.47. The SMILES string of the molecule is Br.CCCCOc1ccc(C(=O)SCCCN=C(N)N)cc1. The molecule has 0 heterocycles. The Labute approximate surface area is 146 Å². The summed E-state index contributed by atoms with van der Waals surface area (Å²) in [6.45, 7) is 3.38. The summed E-state index contributed by atoms with van der Waals surface area (Å²) in [5, 5.41) is 0.0554. The summed E-state index contributed by atoms with van der Waals surface area (Å²) in [7, 11) is 0. The molecule has 7 heteroatoms. The molecule has 0 aromatic heterocycles. The number of halogens is 1. The van der Waals surface area contributed by atoms with Gasteiger partial charge >= 0.3 is 0 Å². The van der Waals surface area contributed by atoms with Crippen molar-refractivity contribution in [3.05, 3.63) is 29.8 Å². The highest BCUT2D eigenvalue weighted by Crippen LogP contribution is 2.17. The lowest BCUT2D eigenvalue weighted by Gasteiger charge is -2.06. The van der Waals surface area contributed by atoms with Gasteiger partial charge in [-0.1, -0.05) is 25.1 Å². The number of aliphatic imine (C=N–C) groups is 1. The van der Waals surface area contributed by atoms with Gasteiger partial charge in [0.15, 0.2) is 5.96 Å². The average molecular weight is 390 g/mol. The zero-order valence-electron chi connectivity index (χ0n) is 12.8. The van der Waals surface area contributed by atoms with Crippen LogP contribution in [0.3, 0.4) is 0 Å². The Morgan fingerprint density at radius 2 is 1.91 bits per heavy atom. The zero-order chi connectivity index (χ0) is 15.5. The third kappa shape index (κ3) is 8.94. The van der Waals surface area contributed by atoms with Gasteiger partial charge in [0.1, 0.15) is 5.75 Å². The number of nitrogens with two attached hydrogens (primary N) is 2. The Morgan fingerprint density at radius 1 is 1.23 bits per heavy atom. The van der Waals surface area contributed by atoms with Crippen LogP contribution in [0.25, 0.3) is 0 Å². The van der Waals surface area contributed by atoms with Crippen molar-refractivity contribution in [1.82, 2.24) is 0 Å².